The molecule has 4 atom stereocenters. The average molecular weight is 513 g/mol. The summed E-state index contributed by atoms with van der Waals surface area (Å²) in [5.41, 5.74) is 0.899. The number of benzene rings is 1. The Hall–Kier alpha value is -3.17. The van der Waals surface area contributed by atoms with Crippen molar-refractivity contribution in [1.82, 2.24) is 10.3 Å². The summed E-state index contributed by atoms with van der Waals surface area (Å²) >= 11 is 0. The van der Waals surface area contributed by atoms with Gasteiger partial charge in [-0.3, -0.25) is 4.79 Å². The largest absolute Gasteiger partial charge is 0.503 e. The van der Waals surface area contributed by atoms with Crippen molar-refractivity contribution in [2.75, 3.05) is 20.3 Å². The van der Waals surface area contributed by atoms with Gasteiger partial charge in [-0.1, -0.05) is 49.6 Å². The van der Waals surface area contributed by atoms with Gasteiger partial charge in [0.1, 0.15) is 6.10 Å². The molecule has 1 aromatic heterocycles. The molecule has 2 aromatic rings. The fraction of sp³-hybridized carbons (Fsp3) is 0.536. The van der Waals surface area contributed by atoms with Gasteiger partial charge in [-0.05, 0) is 31.7 Å². The molecule has 1 saturated heterocycles. The molecular weight excluding hydrogens is 476 g/mol. The Balaban J connectivity index is 1.51. The van der Waals surface area contributed by atoms with E-state index < -0.39 is 29.8 Å². The smallest absolute Gasteiger partial charge is 0.331 e. The van der Waals surface area contributed by atoms with Gasteiger partial charge in [0.25, 0.3) is 5.91 Å². The second-order valence-electron chi connectivity index (χ2n) is 9.73. The number of esters is 1. The lowest BCUT2D eigenvalue weighted by molar-refractivity contribution is -0.166. The Kier molecular flexibility index (Phi) is 9.35. The molecule has 2 heterocycles. The number of pyridine rings is 1. The van der Waals surface area contributed by atoms with Crippen LogP contribution in [0.2, 0.25) is 0 Å². The van der Waals surface area contributed by atoms with Crippen molar-refractivity contribution in [1.29, 1.82) is 0 Å². The molecule has 0 spiro atoms. The quantitative estimate of drug-likeness (QED) is 0.542. The molecule has 1 aromatic carbocycles. The summed E-state index contributed by atoms with van der Waals surface area (Å²) < 4.78 is 23.5. The summed E-state index contributed by atoms with van der Waals surface area (Å²) in [5.74, 6) is -1.71. The maximum atomic E-state index is 13.1. The summed E-state index contributed by atoms with van der Waals surface area (Å²) in [4.78, 5) is 29.9. The summed E-state index contributed by atoms with van der Waals surface area (Å²) in [7, 11) is 1.37. The first-order valence-electron chi connectivity index (χ1n) is 13.0. The van der Waals surface area contributed by atoms with Gasteiger partial charge in [-0.2, -0.15) is 0 Å². The monoisotopic (exact) mass is 512 g/mol. The first-order chi connectivity index (χ1) is 18.0. The van der Waals surface area contributed by atoms with E-state index in [4.69, 9.17) is 18.9 Å². The Morgan fingerprint density at radius 3 is 2.62 bits per heavy atom. The maximum Gasteiger partial charge on any atom is 0.331 e. The van der Waals surface area contributed by atoms with Crippen molar-refractivity contribution < 1.29 is 33.6 Å². The number of nitrogens with zero attached hydrogens (tertiary/aromatic N) is 1. The van der Waals surface area contributed by atoms with E-state index in [0.717, 1.165) is 31.2 Å². The van der Waals surface area contributed by atoms with E-state index in [1.165, 1.54) is 25.8 Å². The Bertz CT molecular complexity index is 1040. The molecule has 2 fully saturated rings. The van der Waals surface area contributed by atoms with E-state index in [-0.39, 0.29) is 36.2 Å². The lowest BCUT2D eigenvalue weighted by Gasteiger charge is -2.35. The number of ether oxygens (including phenoxy) is 4. The molecule has 9 nitrogen and oxygen atoms in total. The van der Waals surface area contributed by atoms with Crippen molar-refractivity contribution >= 4 is 11.9 Å². The molecule has 0 bridgehead atoms. The van der Waals surface area contributed by atoms with Crippen molar-refractivity contribution in [3.63, 3.8) is 0 Å². The number of methoxy groups -OCH3 is 1. The van der Waals surface area contributed by atoms with Gasteiger partial charge in [-0.15, -0.1) is 0 Å². The zero-order valence-corrected chi connectivity index (χ0v) is 21.4. The Morgan fingerprint density at radius 2 is 1.89 bits per heavy atom. The highest BCUT2D eigenvalue weighted by atomic mass is 16.6. The predicted octanol–water partition coefficient (Wildman–Crippen LogP) is 3.43. The fourth-order valence-electron chi connectivity index (χ4n) is 5.05. The molecule has 1 aliphatic carbocycles. The number of aromatic hydroxyl groups is 1. The van der Waals surface area contributed by atoms with Gasteiger partial charge in [0.15, 0.2) is 23.2 Å². The molecule has 4 unspecified atom stereocenters. The van der Waals surface area contributed by atoms with Crippen molar-refractivity contribution in [3.8, 4) is 11.5 Å². The third-order valence-electron chi connectivity index (χ3n) is 7.00. The standard InChI is InChI=1S/C28H36N2O7/c1-18-26(37-21-11-7-4-8-12-21)20(15-19-9-5-3-6-10-19)16-35-17-22(28(33)36-18)30-27(32)24-25(31)23(34-2)13-14-29-24/h3,5-6,9-10,13-14,18,20-22,26,31H,4,7-8,11-12,15-17H2,1-2H3,(H,30,32). The van der Waals surface area contributed by atoms with E-state index in [1.54, 1.807) is 0 Å². The SMILES string of the molecule is COc1ccnc(C(=O)NC2COCC(Cc3ccccc3)C(OC3CCCCC3)C(C)OC2=O)c1O. The number of hydrogen-bond acceptors (Lipinski definition) is 8. The molecule has 2 N–H and O–H groups in total. The summed E-state index contributed by atoms with van der Waals surface area (Å²) in [6.45, 7) is 2.09. The third-order valence-corrected chi connectivity index (χ3v) is 7.00. The highest BCUT2D eigenvalue weighted by molar-refractivity contribution is 5.98. The second-order valence-corrected chi connectivity index (χ2v) is 9.73. The lowest BCUT2D eigenvalue weighted by atomic mass is 9.90. The van der Waals surface area contributed by atoms with Crippen molar-refractivity contribution in [2.45, 2.75) is 69.8 Å². The van der Waals surface area contributed by atoms with Crippen LogP contribution in [0.3, 0.4) is 0 Å². The molecule has 37 heavy (non-hydrogen) atoms. The van der Waals surface area contributed by atoms with E-state index in [9.17, 15) is 14.7 Å². The van der Waals surface area contributed by atoms with E-state index in [0.29, 0.717) is 13.0 Å². The molecule has 200 valence electrons. The number of nitrogens with one attached hydrogen (secondary N) is 1. The second kappa shape index (κ2) is 12.9. The molecule has 1 saturated carbocycles. The van der Waals surface area contributed by atoms with Crippen molar-refractivity contribution in [2.24, 2.45) is 5.92 Å². The van der Waals surface area contributed by atoms with Crippen LogP contribution in [0.25, 0.3) is 0 Å². The lowest BCUT2D eigenvalue weighted by Crippen LogP contribution is -2.47. The fourth-order valence-corrected chi connectivity index (χ4v) is 5.05. The summed E-state index contributed by atoms with van der Waals surface area (Å²) in [6, 6.07) is 10.5. The van der Waals surface area contributed by atoms with Crippen LogP contribution < -0.4 is 10.1 Å². The van der Waals surface area contributed by atoms with E-state index in [1.807, 2.05) is 25.1 Å². The van der Waals surface area contributed by atoms with Crippen LogP contribution in [-0.4, -0.2) is 66.6 Å². The van der Waals surface area contributed by atoms with Crippen LogP contribution in [0.4, 0.5) is 0 Å². The number of aromatic nitrogens is 1. The number of cyclic esters (lactones) is 1. The topological polar surface area (TPSA) is 116 Å². The maximum absolute atomic E-state index is 13.1. The number of amides is 1. The molecule has 9 heteroatoms. The number of rotatable bonds is 7. The Morgan fingerprint density at radius 1 is 1.14 bits per heavy atom. The van der Waals surface area contributed by atoms with Gasteiger partial charge in [0.2, 0.25) is 0 Å². The number of carbonyl (C=O) groups is 2. The van der Waals surface area contributed by atoms with E-state index in [2.05, 4.69) is 22.4 Å². The Labute approximate surface area is 217 Å². The molecule has 1 aliphatic heterocycles. The van der Waals surface area contributed by atoms with Gasteiger partial charge in [-0.25, -0.2) is 9.78 Å². The molecule has 1 amide bonds. The normalized spacial score (nSPS) is 25.3. The minimum Gasteiger partial charge on any atom is -0.503 e. The van der Waals surface area contributed by atoms with Crippen LogP contribution >= 0.6 is 0 Å². The number of hydrogen-bond donors (Lipinski definition) is 2. The van der Waals surface area contributed by atoms with E-state index >= 15 is 0 Å². The van der Waals surface area contributed by atoms with Gasteiger partial charge in [0, 0.05) is 18.2 Å². The van der Waals surface area contributed by atoms with Crippen molar-refractivity contribution in [3.05, 3.63) is 53.9 Å². The van der Waals surface area contributed by atoms with Crippen LogP contribution in [0.15, 0.2) is 42.6 Å². The van der Waals surface area contributed by atoms with Crippen LogP contribution in [0, 0.1) is 5.92 Å². The molecule has 2 aliphatic rings. The highest BCUT2D eigenvalue weighted by Crippen LogP contribution is 2.29. The minimum atomic E-state index is -1.08. The highest BCUT2D eigenvalue weighted by Gasteiger charge is 2.37. The zero-order valence-electron chi connectivity index (χ0n) is 21.4. The van der Waals surface area contributed by atoms with Crippen LogP contribution in [0.1, 0.15) is 55.1 Å². The minimum absolute atomic E-state index is 0.0503. The molecule has 4 rings (SSSR count). The first kappa shape index (κ1) is 26.9. The number of carbonyl (C=O) groups excluding carboxylic acids is 2. The molecule has 0 radical (unpaired) electrons. The predicted molar refractivity (Wildman–Crippen MR) is 135 cm³/mol. The van der Waals surface area contributed by atoms with Crippen LogP contribution in [-0.2, 0) is 25.4 Å². The summed E-state index contributed by atoms with van der Waals surface area (Å²) in [6.07, 6.45) is 6.72. The van der Waals surface area contributed by atoms with Gasteiger partial charge >= 0.3 is 5.97 Å². The zero-order chi connectivity index (χ0) is 26.2. The molecular formula is C28H36N2O7. The average Bonchev–Trinajstić information content (AvgIpc) is 2.95. The summed E-state index contributed by atoms with van der Waals surface area (Å²) in [5, 5.41) is 12.9. The van der Waals surface area contributed by atoms with Crippen LogP contribution in [0.5, 0.6) is 11.5 Å². The van der Waals surface area contributed by atoms with Gasteiger partial charge < -0.3 is 29.4 Å². The van der Waals surface area contributed by atoms with Gasteiger partial charge in [0.05, 0.1) is 32.5 Å². The first-order valence-corrected chi connectivity index (χ1v) is 13.0. The third kappa shape index (κ3) is 6.99.